The standard InChI is InChI=1S/C18H36N4OS/c1-3-19-18(21-15-6-4-7-17(14-15)24-2)20-10-5-11-22-12-8-16(23)9-13-22/h15-17,23H,3-14H2,1-2H3,(H2,19,20,21). The van der Waals surface area contributed by atoms with E-state index in [0.29, 0.717) is 6.04 Å². The number of nitrogens with one attached hydrogen (secondary N) is 2. The summed E-state index contributed by atoms with van der Waals surface area (Å²) in [6.45, 7) is 7.06. The van der Waals surface area contributed by atoms with Crippen LogP contribution < -0.4 is 10.6 Å². The lowest BCUT2D eigenvalue weighted by molar-refractivity contribution is 0.0824. The smallest absolute Gasteiger partial charge is 0.191 e. The Hall–Kier alpha value is -0.460. The maximum Gasteiger partial charge on any atom is 0.191 e. The molecule has 0 amide bonds. The van der Waals surface area contributed by atoms with E-state index in [4.69, 9.17) is 4.99 Å². The first kappa shape index (κ1) is 19.9. The predicted octanol–water partition coefficient (Wildman–Crippen LogP) is 2.06. The van der Waals surface area contributed by atoms with E-state index >= 15 is 0 Å². The van der Waals surface area contributed by atoms with Crippen molar-refractivity contribution in [1.82, 2.24) is 15.5 Å². The molecule has 2 aliphatic rings. The third kappa shape index (κ3) is 7.19. The highest BCUT2D eigenvalue weighted by atomic mass is 32.2. The molecular formula is C18H36N4OS. The van der Waals surface area contributed by atoms with Crippen LogP contribution in [0, 0.1) is 0 Å². The molecule has 0 aromatic carbocycles. The van der Waals surface area contributed by atoms with E-state index in [2.05, 4.69) is 28.7 Å². The first-order valence-corrected chi connectivity index (χ1v) is 11.0. The molecule has 0 radical (unpaired) electrons. The number of likely N-dealkylation sites (tertiary alicyclic amines) is 1. The van der Waals surface area contributed by atoms with E-state index in [9.17, 15) is 5.11 Å². The second-order valence-electron chi connectivity index (χ2n) is 7.05. The molecule has 2 rings (SSSR count). The Kier molecular flexibility index (Phi) is 9.28. The van der Waals surface area contributed by atoms with Crippen molar-refractivity contribution >= 4 is 17.7 Å². The van der Waals surface area contributed by atoms with Crippen molar-refractivity contribution < 1.29 is 5.11 Å². The average Bonchev–Trinajstić information content (AvgIpc) is 2.60. The molecule has 0 spiro atoms. The maximum atomic E-state index is 9.56. The number of hydrogen-bond donors (Lipinski definition) is 3. The fourth-order valence-corrected chi connectivity index (χ4v) is 4.46. The normalized spacial score (nSPS) is 27.2. The number of guanidine groups is 1. The summed E-state index contributed by atoms with van der Waals surface area (Å²) < 4.78 is 0. The number of thioether (sulfide) groups is 1. The number of hydrogen-bond acceptors (Lipinski definition) is 4. The highest BCUT2D eigenvalue weighted by molar-refractivity contribution is 7.99. The van der Waals surface area contributed by atoms with E-state index < -0.39 is 0 Å². The summed E-state index contributed by atoms with van der Waals surface area (Å²) in [7, 11) is 0. The molecule has 0 aromatic rings. The van der Waals surface area contributed by atoms with Gasteiger partial charge < -0.3 is 20.6 Å². The summed E-state index contributed by atoms with van der Waals surface area (Å²) in [5.41, 5.74) is 0. The molecule has 24 heavy (non-hydrogen) atoms. The second kappa shape index (κ2) is 11.2. The number of aliphatic imine (C=N–C) groups is 1. The number of aliphatic hydroxyl groups is 1. The van der Waals surface area contributed by atoms with Crippen LogP contribution in [-0.2, 0) is 0 Å². The van der Waals surface area contributed by atoms with Crippen LogP contribution in [-0.4, -0.2) is 72.3 Å². The lowest BCUT2D eigenvalue weighted by Gasteiger charge is -2.30. The minimum absolute atomic E-state index is 0.0792. The molecule has 1 saturated heterocycles. The quantitative estimate of drug-likeness (QED) is 0.370. The summed E-state index contributed by atoms with van der Waals surface area (Å²) >= 11 is 2.00. The molecule has 140 valence electrons. The van der Waals surface area contributed by atoms with Gasteiger partial charge in [0.1, 0.15) is 0 Å². The molecule has 0 aromatic heterocycles. The highest BCUT2D eigenvalue weighted by Gasteiger charge is 2.22. The molecule has 1 saturated carbocycles. The van der Waals surface area contributed by atoms with Gasteiger partial charge in [0.25, 0.3) is 0 Å². The summed E-state index contributed by atoms with van der Waals surface area (Å²) in [6, 6.07) is 0.567. The van der Waals surface area contributed by atoms with E-state index in [1.807, 2.05) is 11.8 Å². The Labute approximate surface area is 152 Å². The minimum Gasteiger partial charge on any atom is -0.393 e. The van der Waals surface area contributed by atoms with Gasteiger partial charge in [-0.15, -0.1) is 0 Å². The molecule has 5 nitrogen and oxygen atoms in total. The van der Waals surface area contributed by atoms with Gasteiger partial charge in [0, 0.05) is 37.5 Å². The van der Waals surface area contributed by atoms with Crippen molar-refractivity contribution in [2.75, 3.05) is 39.0 Å². The largest absolute Gasteiger partial charge is 0.393 e. The molecule has 6 heteroatoms. The van der Waals surface area contributed by atoms with Crippen molar-refractivity contribution in [1.29, 1.82) is 0 Å². The molecule has 1 heterocycles. The van der Waals surface area contributed by atoms with Crippen molar-refractivity contribution in [2.24, 2.45) is 4.99 Å². The zero-order valence-corrected chi connectivity index (χ0v) is 16.3. The van der Waals surface area contributed by atoms with Crippen LogP contribution in [0.2, 0.25) is 0 Å². The summed E-state index contributed by atoms with van der Waals surface area (Å²) in [5.74, 6) is 0.985. The van der Waals surface area contributed by atoms with Crippen LogP contribution in [0.3, 0.4) is 0 Å². The first-order valence-electron chi connectivity index (χ1n) is 9.69. The van der Waals surface area contributed by atoms with Crippen LogP contribution in [0.5, 0.6) is 0 Å². The second-order valence-corrected chi connectivity index (χ2v) is 8.19. The molecule has 0 bridgehead atoms. The highest BCUT2D eigenvalue weighted by Crippen LogP contribution is 2.26. The van der Waals surface area contributed by atoms with Crippen LogP contribution in [0.15, 0.2) is 4.99 Å². The van der Waals surface area contributed by atoms with Gasteiger partial charge in [-0.1, -0.05) is 6.42 Å². The molecule has 1 aliphatic heterocycles. The van der Waals surface area contributed by atoms with Crippen LogP contribution in [0.25, 0.3) is 0 Å². The van der Waals surface area contributed by atoms with Crippen molar-refractivity contribution in [2.45, 2.75) is 69.3 Å². The Bertz CT molecular complexity index is 372. The predicted molar refractivity (Wildman–Crippen MR) is 105 cm³/mol. The van der Waals surface area contributed by atoms with Gasteiger partial charge in [-0.25, -0.2) is 0 Å². The Morgan fingerprint density at radius 3 is 2.75 bits per heavy atom. The third-order valence-electron chi connectivity index (χ3n) is 5.10. The summed E-state index contributed by atoms with van der Waals surface area (Å²) in [6.07, 6.45) is 10.3. The molecule has 3 N–H and O–H groups in total. The van der Waals surface area contributed by atoms with Gasteiger partial charge in [0.2, 0.25) is 0 Å². The number of aliphatic hydroxyl groups excluding tert-OH is 1. The van der Waals surface area contributed by atoms with Crippen LogP contribution in [0.4, 0.5) is 0 Å². The molecule has 2 fully saturated rings. The third-order valence-corrected chi connectivity index (χ3v) is 6.20. The average molecular weight is 357 g/mol. The van der Waals surface area contributed by atoms with E-state index in [1.54, 1.807) is 0 Å². The van der Waals surface area contributed by atoms with Crippen molar-refractivity contribution in [3.05, 3.63) is 0 Å². The summed E-state index contributed by atoms with van der Waals surface area (Å²) in [5, 5.41) is 17.4. The minimum atomic E-state index is -0.0792. The zero-order chi connectivity index (χ0) is 17.2. The molecular weight excluding hydrogens is 320 g/mol. The fourth-order valence-electron chi connectivity index (χ4n) is 3.63. The summed E-state index contributed by atoms with van der Waals surface area (Å²) in [4.78, 5) is 7.22. The lowest BCUT2D eigenvalue weighted by atomic mass is 9.95. The molecule has 2 atom stereocenters. The van der Waals surface area contributed by atoms with Crippen molar-refractivity contribution in [3.8, 4) is 0 Å². The van der Waals surface area contributed by atoms with Gasteiger partial charge in [-0.3, -0.25) is 4.99 Å². The zero-order valence-electron chi connectivity index (χ0n) is 15.5. The lowest BCUT2D eigenvalue weighted by Crippen LogP contribution is -2.45. The van der Waals surface area contributed by atoms with Crippen LogP contribution in [0.1, 0.15) is 51.9 Å². The molecule has 1 aliphatic carbocycles. The van der Waals surface area contributed by atoms with Crippen molar-refractivity contribution in [3.63, 3.8) is 0 Å². The van der Waals surface area contributed by atoms with Crippen LogP contribution >= 0.6 is 11.8 Å². The Morgan fingerprint density at radius 2 is 2.04 bits per heavy atom. The Balaban J connectivity index is 1.69. The number of rotatable bonds is 7. The van der Waals surface area contributed by atoms with Gasteiger partial charge in [-0.2, -0.15) is 11.8 Å². The SMILES string of the molecule is CCNC(=NCCCN1CCC(O)CC1)NC1CCCC(SC)C1. The number of piperidine rings is 1. The maximum absolute atomic E-state index is 9.56. The van der Waals surface area contributed by atoms with Gasteiger partial charge in [-0.05, 0) is 58.2 Å². The fraction of sp³-hybridized carbons (Fsp3) is 0.944. The van der Waals surface area contributed by atoms with E-state index in [0.717, 1.165) is 63.2 Å². The Morgan fingerprint density at radius 1 is 1.25 bits per heavy atom. The number of nitrogens with zero attached hydrogens (tertiary/aromatic N) is 2. The van der Waals surface area contributed by atoms with Gasteiger partial charge in [0.05, 0.1) is 6.10 Å². The topological polar surface area (TPSA) is 59.9 Å². The van der Waals surface area contributed by atoms with Gasteiger partial charge in [0.15, 0.2) is 5.96 Å². The van der Waals surface area contributed by atoms with E-state index in [1.165, 1.54) is 25.7 Å². The van der Waals surface area contributed by atoms with Gasteiger partial charge >= 0.3 is 0 Å². The van der Waals surface area contributed by atoms with E-state index in [-0.39, 0.29) is 6.10 Å². The molecule has 2 unspecified atom stereocenters. The first-order chi connectivity index (χ1) is 11.7. The monoisotopic (exact) mass is 356 g/mol.